The molecular formula is C12H17NO2. The number of likely N-dealkylation sites (N-methyl/N-ethyl adjacent to an activating group) is 1. The summed E-state index contributed by atoms with van der Waals surface area (Å²) in [7, 11) is 1.79. The molecule has 0 bridgehead atoms. The first kappa shape index (κ1) is 10.5. The molecule has 0 aromatic heterocycles. The van der Waals surface area contributed by atoms with Gasteiger partial charge in [0.1, 0.15) is 5.75 Å². The summed E-state index contributed by atoms with van der Waals surface area (Å²) in [6.45, 7) is 0.465. The van der Waals surface area contributed by atoms with Crippen molar-refractivity contribution in [1.29, 1.82) is 0 Å². The van der Waals surface area contributed by atoms with Gasteiger partial charge in [0.15, 0.2) is 0 Å². The van der Waals surface area contributed by atoms with Crippen molar-refractivity contribution in [2.45, 2.75) is 25.4 Å². The quantitative estimate of drug-likeness (QED) is 0.696. The third-order valence-corrected chi connectivity index (χ3v) is 3.04. The van der Waals surface area contributed by atoms with Gasteiger partial charge in [0.05, 0.1) is 6.10 Å². The number of aromatic hydroxyl groups is 1. The number of hydrogen-bond donors (Lipinski definition) is 3. The second-order valence-electron chi connectivity index (χ2n) is 4.07. The number of phenols is 1. The lowest BCUT2D eigenvalue weighted by Gasteiger charge is -2.14. The normalized spacial score (nSPS) is 16.4. The lowest BCUT2D eigenvalue weighted by Crippen LogP contribution is -2.17. The number of aliphatic hydroxyl groups excluding tert-OH is 1. The monoisotopic (exact) mass is 207 g/mol. The second-order valence-corrected chi connectivity index (χ2v) is 4.07. The average Bonchev–Trinajstić information content (AvgIpc) is 2.67. The lowest BCUT2D eigenvalue weighted by atomic mass is 10.0. The molecule has 0 heterocycles. The van der Waals surface area contributed by atoms with E-state index in [0.29, 0.717) is 17.9 Å². The summed E-state index contributed by atoms with van der Waals surface area (Å²) >= 11 is 0. The zero-order valence-electron chi connectivity index (χ0n) is 8.95. The van der Waals surface area contributed by atoms with Crippen LogP contribution in [-0.4, -0.2) is 23.8 Å². The summed E-state index contributed by atoms with van der Waals surface area (Å²) < 4.78 is 0. The van der Waals surface area contributed by atoms with Crippen molar-refractivity contribution in [2.75, 3.05) is 13.6 Å². The van der Waals surface area contributed by atoms with Crippen LogP contribution in [0.4, 0.5) is 0 Å². The molecule has 3 nitrogen and oxygen atoms in total. The van der Waals surface area contributed by atoms with E-state index >= 15 is 0 Å². The van der Waals surface area contributed by atoms with Crippen molar-refractivity contribution in [3.8, 4) is 5.75 Å². The number of benzene rings is 1. The Morgan fingerprint density at radius 3 is 2.93 bits per heavy atom. The summed E-state index contributed by atoms with van der Waals surface area (Å²) in [5, 5.41) is 22.7. The molecule has 82 valence electrons. The zero-order chi connectivity index (χ0) is 10.8. The Hall–Kier alpha value is -1.06. The van der Waals surface area contributed by atoms with E-state index in [0.717, 1.165) is 24.8 Å². The predicted octanol–water partition coefficient (Wildman–Crippen LogP) is 1.13. The molecular weight excluding hydrogens is 190 g/mol. The highest BCUT2D eigenvalue weighted by atomic mass is 16.3. The van der Waals surface area contributed by atoms with Crippen molar-refractivity contribution in [1.82, 2.24) is 5.32 Å². The predicted molar refractivity (Wildman–Crippen MR) is 59.0 cm³/mol. The molecule has 0 saturated carbocycles. The molecule has 2 rings (SSSR count). The molecule has 0 fully saturated rings. The van der Waals surface area contributed by atoms with E-state index in [2.05, 4.69) is 5.32 Å². The molecule has 0 aliphatic heterocycles. The standard InChI is InChI=1S/C12H17NO2/c1-13-7-11(14)10-6-5-8-3-2-4-9(8)12(10)15/h5-6,11,13-15H,2-4,7H2,1H3. The number of aliphatic hydroxyl groups is 1. The summed E-state index contributed by atoms with van der Waals surface area (Å²) in [4.78, 5) is 0. The van der Waals surface area contributed by atoms with E-state index in [9.17, 15) is 10.2 Å². The maximum atomic E-state index is 10.0. The molecule has 1 aromatic carbocycles. The van der Waals surface area contributed by atoms with E-state index in [1.54, 1.807) is 7.05 Å². The highest BCUT2D eigenvalue weighted by Gasteiger charge is 2.20. The number of hydrogen-bond acceptors (Lipinski definition) is 3. The summed E-state index contributed by atoms with van der Waals surface area (Å²) in [6.07, 6.45) is 2.46. The topological polar surface area (TPSA) is 52.5 Å². The smallest absolute Gasteiger partial charge is 0.124 e. The van der Waals surface area contributed by atoms with Crippen molar-refractivity contribution < 1.29 is 10.2 Å². The third kappa shape index (κ3) is 1.85. The molecule has 0 saturated heterocycles. The number of phenolic OH excluding ortho intramolecular Hbond substituents is 1. The first-order chi connectivity index (χ1) is 7.24. The maximum absolute atomic E-state index is 10.0. The van der Waals surface area contributed by atoms with Gasteiger partial charge in [0.2, 0.25) is 0 Å². The van der Waals surface area contributed by atoms with Gasteiger partial charge in [-0.3, -0.25) is 0 Å². The lowest BCUT2D eigenvalue weighted by molar-refractivity contribution is 0.173. The number of nitrogens with one attached hydrogen (secondary N) is 1. The summed E-state index contributed by atoms with van der Waals surface area (Å²) in [5.41, 5.74) is 2.90. The van der Waals surface area contributed by atoms with Crippen LogP contribution >= 0.6 is 0 Å². The zero-order valence-corrected chi connectivity index (χ0v) is 8.95. The molecule has 0 radical (unpaired) electrons. The van der Waals surface area contributed by atoms with Crippen LogP contribution in [0.5, 0.6) is 5.75 Å². The molecule has 1 unspecified atom stereocenters. The van der Waals surface area contributed by atoms with Crippen LogP contribution in [0.3, 0.4) is 0 Å². The van der Waals surface area contributed by atoms with Gasteiger partial charge in [-0.05, 0) is 37.4 Å². The van der Waals surface area contributed by atoms with Crippen LogP contribution in [-0.2, 0) is 12.8 Å². The fourth-order valence-electron chi connectivity index (χ4n) is 2.24. The Labute approximate surface area is 89.8 Å². The SMILES string of the molecule is CNCC(O)c1ccc2c(c1O)CCC2. The van der Waals surface area contributed by atoms with Crippen LogP contribution in [0, 0.1) is 0 Å². The molecule has 0 amide bonds. The molecule has 1 aliphatic rings. The first-order valence-corrected chi connectivity index (χ1v) is 5.40. The Morgan fingerprint density at radius 2 is 2.20 bits per heavy atom. The Kier molecular flexibility index (Phi) is 2.93. The van der Waals surface area contributed by atoms with E-state index in [1.165, 1.54) is 5.56 Å². The highest BCUT2D eigenvalue weighted by molar-refractivity contribution is 5.48. The molecule has 1 aliphatic carbocycles. The fraction of sp³-hybridized carbons (Fsp3) is 0.500. The van der Waals surface area contributed by atoms with E-state index in [4.69, 9.17) is 0 Å². The van der Waals surface area contributed by atoms with Crippen LogP contribution in [0.2, 0.25) is 0 Å². The van der Waals surface area contributed by atoms with Crippen LogP contribution in [0.25, 0.3) is 0 Å². The van der Waals surface area contributed by atoms with E-state index in [-0.39, 0.29) is 0 Å². The summed E-state index contributed by atoms with van der Waals surface area (Å²) in [6, 6.07) is 3.86. The van der Waals surface area contributed by atoms with Gasteiger partial charge in [-0.25, -0.2) is 0 Å². The van der Waals surface area contributed by atoms with Crippen molar-refractivity contribution in [3.05, 3.63) is 28.8 Å². The Morgan fingerprint density at radius 1 is 1.40 bits per heavy atom. The molecule has 1 atom stereocenters. The minimum atomic E-state index is -0.624. The highest BCUT2D eigenvalue weighted by Crippen LogP contribution is 2.35. The van der Waals surface area contributed by atoms with E-state index < -0.39 is 6.10 Å². The van der Waals surface area contributed by atoms with Gasteiger partial charge in [-0.2, -0.15) is 0 Å². The number of fused-ring (bicyclic) bond motifs is 1. The fourth-order valence-corrected chi connectivity index (χ4v) is 2.24. The van der Waals surface area contributed by atoms with Gasteiger partial charge < -0.3 is 15.5 Å². The number of rotatable bonds is 3. The second kappa shape index (κ2) is 4.21. The van der Waals surface area contributed by atoms with Crippen molar-refractivity contribution in [2.24, 2.45) is 0 Å². The van der Waals surface area contributed by atoms with E-state index in [1.807, 2.05) is 12.1 Å². The van der Waals surface area contributed by atoms with Gasteiger partial charge in [-0.15, -0.1) is 0 Å². The molecule has 15 heavy (non-hydrogen) atoms. The van der Waals surface area contributed by atoms with Gasteiger partial charge >= 0.3 is 0 Å². The van der Waals surface area contributed by atoms with Crippen LogP contribution in [0.1, 0.15) is 29.2 Å². The van der Waals surface area contributed by atoms with Gasteiger partial charge in [0, 0.05) is 12.1 Å². The minimum Gasteiger partial charge on any atom is -0.507 e. The van der Waals surface area contributed by atoms with Gasteiger partial charge in [0.25, 0.3) is 0 Å². The molecule has 1 aromatic rings. The number of aryl methyl sites for hydroxylation is 1. The van der Waals surface area contributed by atoms with Gasteiger partial charge in [-0.1, -0.05) is 12.1 Å². The molecule has 0 spiro atoms. The Bertz CT molecular complexity index is 363. The molecule has 3 N–H and O–H groups in total. The van der Waals surface area contributed by atoms with Crippen molar-refractivity contribution >= 4 is 0 Å². The van der Waals surface area contributed by atoms with Crippen molar-refractivity contribution in [3.63, 3.8) is 0 Å². The van der Waals surface area contributed by atoms with Crippen LogP contribution < -0.4 is 5.32 Å². The molecule has 3 heteroatoms. The maximum Gasteiger partial charge on any atom is 0.124 e. The average molecular weight is 207 g/mol. The minimum absolute atomic E-state index is 0.299. The first-order valence-electron chi connectivity index (χ1n) is 5.40. The summed E-state index contributed by atoms with van der Waals surface area (Å²) in [5.74, 6) is 0.299. The third-order valence-electron chi connectivity index (χ3n) is 3.04. The Balaban J connectivity index is 2.33. The largest absolute Gasteiger partial charge is 0.507 e. The van der Waals surface area contributed by atoms with Crippen LogP contribution in [0.15, 0.2) is 12.1 Å².